The van der Waals surface area contributed by atoms with Gasteiger partial charge in [-0.15, -0.1) is 0 Å². The summed E-state index contributed by atoms with van der Waals surface area (Å²) in [5, 5.41) is 24.4. The van der Waals surface area contributed by atoms with Gasteiger partial charge in [0.15, 0.2) is 17.6 Å². The number of piperidine rings is 1. The lowest BCUT2D eigenvalue weighted by Gasteiger charge is -2.44. The van der Waals surface area contributed by atoms with Crippen molar-refractivity contribution in [3.63, 3.8) is 0 Å². The average molecular weight is 423 g/mol. The van der Waals surface area contributed by atoms with E-state index >= 15 is 0 Å². The van der Waals surface area contributed by atoms with Crippen LogP contribution in [0.15, 0.2) is 30.3 Å². The number of amides is 1. The minimum absolute atomic E-state index is 0.162. The van der Waals surface area contributed by atoms with Gasteiger partial charge in [0.1, 0.15) is 5.75 Å². The first-order chi connectivity index (χ1) is 15.0. The number of aliphatic hydroxyl groups excluding tert-OH is 2. The number of carbonyl (C=O) groups excluding carboxylic acids is 1. The molecule has 31 heavy (non-hydrogen) atoms. The molecule has 7 nitrogen and oxygen atoms in total. The van der Waals surface area contributed by atoms with E-state index in [0.29, 0.717) is 30.9 Å². The molecule has 0 aliphatic carbocycles. The predicted molar refractivity (Wildman–Crippen MR) is 116 cm³/mol. The number of fused-ring (bicyclic) bond motifs is 7. The van der Waals surface area contributed by atoms with Crippen LogP contribution in [0, 0.1) is 0 Å². The normalized spacial score (nSPS) is 22.9. The SMILES string of the molecule is COc1ccc2c3c(c4cc(OC)c(OC)cc4c2c1)CC1CC(O)C(O)C(=O)N1C3. The van der Waals surface area contributed by atoms with Crippen LogP contribution in [0.1, 0.15) is 17.5 Å². The minimum Gasteiger partial charge on any atom is -0.497 e. The van der Waals surface area contributed by atoms with Gasteiger partial charge in [-0.05, 0) is 69.8 Å². The fraction of sp³-hybridized carbons (Fsp3) is 0.375. The molecule has 2 aliphatic heterocycles. The van der Waals surface area contributed by atoms with Gasteiger partial charge in [-0.25, -0.2) is 0 Å². The third-order valence-electron chi connectivity index (χ3n) is 6.68. The summed E-state index contributed by atoms with van der Waals surface area (Å²) in [5.74, 6) is 1.60. The number of rotatable bonds is 3. The van der Waals surface area contributed by atoms with E-state index in [1.54, 1.807) is 26.2 Å². The Bertz CT molecular complexity index is 1210. The molecule has 2 aliphatic rings. The first-order valence-corrected chi connectivity index (χ1v) is 10.3. The summed E-state index contributed by atoms with van der Waals surface area (Å²) < 4.78 is 16.6. The van der Waals surface area contributed by atoms with Gasteiger partial charge in [0, 0.05) is 12.6 Å². The van der Waals surface area contributed by atoms with Crippen molar-refractivity contribution in [1.82, 2.24) is 4.90 Å². The standard InChI is InChI=1S/C24H25NO6/c1-29-13-4-5-14-16(8-13)18-10-22(31-3)21(30-2)9-17(18)15-6-12-7-20(26)23(27)24(28)25(12)11-19(14)15/h4-5,8-10,12,20,23,26-27H,6-7,11H2,1-3H3. The van der Waals surface area contributed by atoms with Crippen molar-refractivity contribution in [2.45, 2.75) is 37.6 Å². The number of ether oxygens (including phenoxy) is 3. The summed E-state index contributed by atoms with van der Waals surface area (Å²) in [4.78, 5) is 14.4. The Morgan fingerprint density at radius 3 is 2.23 bits per heavy atom. The highest BCUT2D eigenvalue weighted by atomic mass is 16.5. The molecule has 3 unspecified atom stereocenters. The number of hydrogen-bond acceptors (Lipinski definition) is 6. The quantitative estimate of drug-likeness (QED) is 0.629. The van der Waals surface area contributed by atoms with Gasteiger partial charge in [0.05, 0.1) is 27.4 Å². The van der Waals surface area contributed by atoms with Gasteiger partial charge < -0.3 is 29.3 Å². The molecule has 2 heterocycles. The molecule has 1 fully saturated rings. The second-order valence-electron chi connectivity index (χ2n) is 8.19. The molecule has 162 valence electrons. The number of hydrogen-bond donors (Lipinski definition) is 2. The van der Waals surface area contributed by atoms with Crippen LogP contribution in [-0.2, 0) is 17.8 Å². The Morgan fingerprint density at radius 1 is 0.871 bits per heavy atom. The molecule has 5 rings (SSSR count). The van der Waals surface area contributed by atoms with Crippen LogP contribution in [0.5, 0.6) is 17.2 Å². The smallest absolute Gasteiger partial charge is 0.254 e. The number of nitrogens with zero attached hydrogens (tertiary/aromatic N) is 1. The van der Waals surface area contributed by atoms with Crippen molar-refractivity contribution in [3.8, 4) is 17.2 Å². The lowest BCUT2D eigenvalue weighted by molar-refractivity contribution is -0.159. The lowest BCUT2D eigenvalue weighted by atomic mass is 9.81. The molecule has 1 saturated heterocycles. The van der Waals surface area contributed by atoms with Crippen LogP contribution < -0.4 is 14.2 Å². The highest BCUT2D eigenvalue weighted by molar-refractivity contribution is 6.12. The van der Waals surface area contributed by atoms with Crippen LogP contribution in [0.3, 0.4) is 0 Å². The van der Waals surface area contributed by atoms with Crippen molar-refractivity contribution >= 4 is 27.5 Å². The third-order valence-corrected chi connectivity index (χ3v) is 6.68. The molecular formula is C24H25NO6. The molecule has 0 aromatic heterocycles. The minimum atomic E-state index is -1.37. The number of aliphatic hydroxyl groups is 2. The van der Waals surface area contributed by atoms with Gasteiger partial charge in [-0.2, -0.15) is 0 Å². The molecule has 1 amide bonds. The summed E-state index contributed by atoms with van der Waals surface area (Å²) >= 11 is 0. The fourth-order valence-electron chi connectivity index (χ4n) is 5.08. The summed E-state index contributed by atoms with van der Waals surface area (Å²) in [6.07, 6.45) is -1.46. The fourth-order valence-corrected chi connectivity index (χ4v) is 5.08. The summed E-state index contributed by atoms with van der Waals surface area (Å²) in [7, 11) is 4.86. The van der Waals surface area contributed by atoms with E-state index in [2.05, 4.69) is 0 Å². The van der Waals surface area contributed by atoms with E-state index < -0.39 is 18.1 Å². The molecule has 3 aromatic rings. The second-order valence-corrected chi connectivity index (χ2v) is 8.19. The van der Waals surface area contributed by atoms with Gasteiger partial charge in [0.25, 0.3) is 5.91 Å². The largest absolute Gasteiger partial charge is 0.497 e. The summed E-state index contributed by atoms with van der Waals surface area (Å²) in [6.45, 7) is 0.385. The zero-order valence-electron chi connectivity index (χ0n) is 17.7. The molecule has 3 atom stereocenters. The Balaban J connectivity index is 1.82. The molecule has 0 spiro atoms. The molecule has 7 heteroatoms. The topological polar surface area (TPSA) is 88.5 Å². The summed E-state index contributed by atoms with van der Waals surface area (Å²) in [5.41, 5.74) is 2.18. The zero-order valence-corrected chi connectivity index (χ0v) is 17.7. The second kappa shape index (κ2) is 7.28. The van der Waals surface area contributed by atoms with Crippen LogP contribution in [0.2, 0.25) is 0 Å². The van der Waals surface area contributed by atoms with Crippen molar-refractivity contribution in [2.75, 3.05) is 21.3 Å². The predicted octanol–water partition coefficient (Wildman–Crippen LogP) is 2.40. The van der Waals surface area contributed by atoms with Crippen molar-refractivity contribution in [1.29, 1.82) is 0 Å². The van der Waals surface area contributed by atoms with E-state index in [1.165, 1.54) is 0 Å². The van der Waals surface area contributed by atoms with Crippen LogP contribution in [-0.4, -0.2) is 60.6 Å². The van der Waals surface area contributed by atoms with E-state index in [1.807, 2.05) is 30.3 Å². The molecule has 2 N–H and O–H groups in total. The Labute approximate surface area is 179 Å². The maximum Gasteiger partial charge on any atom is 0.254 e. The number of methoxy groups -OCH3 is 3. The Morgan fingerprint density at radius 2 is 1.55 bits per heavy atom. The Kier molecular flexibility index (Phi) is 4.68. The first kappa shape index (κ1) is 19.9. The maximum absolute atomic E-state index is 12.7. The Hall–Kier alpha value is -3.03. The lowest BCUT2D eigenvalue weighted by Crippen LogP contribution is -2.58. The van der Waals surface area contributed by atoms with Gasteiger partial charge >= 0.3 is 0 Å². The van der Waals surface area contributed by atoms with Crippen molar-refractivity contribution < 1.29 is 29.2 Å². The molecule has 0 bridgehead atoms. The third kappa shape index (κ3) is 2.91. The zero-order chi connectivity index (χ0) is 21.9. The van der Waals surface area contributed by atoms with Crippen LogP contribution in [0.4, 0.5) is 0 Å². The van der Waals surface area contributed by atoms with Crippen LogP contribution >= 0.6 is 0 Å². The molecule has 0 radical (unpaired) electrons. The van der Waals surface area contributed by atoms with Gasteiger partial charge in [-0.1, -0.05) is 6.07 Å². The molecular weight excluding hydrogens is 398 g/mol. The van der Waals surface area contributed by atoms with E-state index in [-0.39, 0.29) is 6.04 Å². The maximum atomic E-state index is 12.7. The number of carbonyl (C=O) groups is 1. The molecule has 3 aromatic carbocycles. The highest BCUT2D eigenvalue weighted by Crippen LogP contribution is 2.44. The van der Waals surface area contributed by atoms with E-state index in [9.17, 15) is 15.0 Å². The average Bonchev–Trinajstić information content (AvgIpc) is 2.80. The molecule has 0 saturated carbocycles. The van der Waals surface area contributed by atoms with Gasteiger partial charge in [0.2, 0.25) is 0 Å². The van der Waals surface area contributed by atoms with Gasteiger partial charge in [-0.3, -0.25) is 4.79 Å². The van der Waals surface area contributed by atoms with E-state index in [4.69, 9.17) is 14.2 Å². The number of benzene rings is 3. The van der Waals surface area contributed by atoms with E-state index in [0.717, 1.165) is 38.4 Å². The first-order valence-electron chi connectivity index (χ1n) is 10.3. The van der Waals surface area contributed by atoms with Crippen molar-refractivity contribution in [2.24, 2.45) is 0 Å². The monoisotopic (exact) mass is 423 g/mol. The highest BCUT2D eigenvalue weighted by Gasteiger charge is 2.43. The summed E-state index contributed by atoms with van der Waals surface area (Å²) in [6, 6.07) is 9.73. The van der Waals surface area contributed by atoms with Crippen molar-refractivity contribution in [3.05, 3.63) is 41.5 Å². The van der Waals surface area contributed by atoms with Crippen LogP contribution in [0.25, 0.3) is 21.5 Å².